The topological polar surface area (TPSA) is 88.1 Å². The van der Waals surface area contributed by atoms with Gasteiger partial charge in [-0.2, -0.15) is 0 Å². The lowest BCUT2D eigenvalue weighted by Gasteiger charge is -2.57. The van der Waals surface area contributed by atoms with Gasteiger partial charge in [-0.15, -0.1) is 11.8 Å². The van der Waals surface area contributed by atoms with Crippen molar-refractivity contribution in [3.05, 3.63) is 54.6 Å². The quantitative estimate of drug-likeness (QED) is 0.473. The van der Waals surface area contributed by atoms with Crippen molar-refractivity contribution in [2.24, 2.45) is 5.41 Å². The van der Waals surface area contributed by atoms with E-state index in [2.05, 4.69) is 48.5 Å². The van der Waals surface area contributed by atoms with Crippen molar-refractivity contribution in [1.82, 2.24) is 24.8 Å². The number of likely N-dealkylation sites (tertiary alicyclic amines) is 1. The molecule has 1 atom stereocenters. The Balaban J connectivity index is 0.00000126. The van der Waals surface area contributed by atoms with E-state index in [4.69, 9.17) is 4.74 Å². The number of ether oxygens (including phenoxy) is 1. The van der Waals surface area contributed by atoms with E-state index in [0.717, 1.165) is 42.8 Å². The molecule has 3 aromatic heterocycles. The lowest BCUT2D eigenvalue weighted by Crippen LogP contribution is -2.66. The molecule has 0 radical (unpaired) electrons. The Morgan fingerprint density at radius 1 is 1.00 bits per heavy atom. The molecule has 2 aliphatic heterocycles. The SMILES string of the molecule is CC.CSc1cccnc1Nc1cc(Nc2ccc(C(C)N3CC4(COC4)C3)cn2)ncn1. The molecule has 2 aliphatic rings. The predicted octanol–water partition coefficient (Wildman–Crippen LogP) is 4.90. The predicted molar refractivity (Wildman–Crippen MR) is 133 cm³/mol. The first-order chi connectivity index (χ1) is 16.1. The van der Waals surface area contributed by atoms with Crippen LogP contribution in [0.1, 0.15) is 32.4 Å². The van der Waals surface area contributed by atoms with Crippen molar-refractivity contribution in [3.8, 4) is 0 Å². The van der Waals surface area contributed by atoms with Crippen molar-refractivity contribution in [2.75, 3.05) is 43.2 Å². The third-order valence-electron chi connectivity index (χ3n) is 5.87. The van der Waals surface area contributed by atoms with Crippen molar-refractivity contribution >= 4 is 35.0 Å². The molecular weight excluding hydrogens is 434 g/mol. The van der Waals surface area contributed by atoms with Crippen LogP contribution < -0.4 is 10.6 Å². The summed E-state index contributed by atoms with van der Waals surface area (Å²) in [6.07, 6.45) is 7.24. The average molecular weight is 466 g/mol. The van der Waals surface area contributed by atoms with Gasteiger partial charge in [-0.25, -0.2) is 19.9 Å². The van der Waals surface area contributed by atoms with Crippen LogP contribution in [-0.2, 0) is 4.74 Å². The highest BCUT2D eigenvalue weighted by atomic mass is 32.2. The minimum atomic E-state index is 0.353. The summed E-state index contributed by atoms with van der Waals surface area (Å²) in [6.45, 7) is 10.3. The van der Waals surface area contributed by atoms with E-state index in [-0.39, 0.29) is 0 Å². The molecule has 8 nitrogen and oxygen atoms in total. The van der Waals surface area contributed by atoms with Crippen molar-refractivity contribution in [1.29, 1.82) is 0 Å². The average Bonchev–Trinajstić information content (AvgIpc) is 2.80. The zero-order valence-corrected chi connectivity index (χ0v) is 20.4. The van der Waals surface area contributed by atoms with Crippen LogP contribution in [0.4, 0.5) is 23.3 Å². The van der Waals surface area contributed by atoms with E-state index in [9.17, 15) is 0 Å². The van der Waals surface area contributed by atoms with Crippen LogP contribution in [0.3, 0.4) is 0 Å². The fraction of sp³-hybridized carbons (Fsp3) is 0.417. The molecule has 5 heterocycles. The van der Waals surface area contributed by atoms with Crippen LogP contribution in [0.25, 0.3) is 0 Å². The van der Waals surface area contributed by atoms with E-state index in [1.165, 1.54) is 11.9 Å². The molecule has 0 aromatic carbocycles. The molecule has 2 fully saturated rings. The molecule has 1 spiro atoms. The first kappa shape index (κ1) is 23.4. The number of hydrogen-bond acceptors (Lipinski definition) is 9. The van der Waals surface area contributed by atoms with Crippen LogP contribution in [0, 0.1) is 5.41 Å². The van der Waals surface area contributed by atoms with Gasteiger partial charge in [-0.1, -0.05) is 19.9 Å². The van der Waals surface area contributed by atoms with Crippen LogP contribution in [0.15, 0.2) is 53.9 Å². The van der Waals surface area contributed by atoms with E-state index in [0.29, 0.717) is 23.1 Å². The van der Waals surface area contributed by atoms with E-state index >= 15 is 0 Å². The highest BCUT2D eigenvalue weighted by Crippen LogP contribution is 2.41. The number of hydrogen-bond donors (Lipinski definition) is 2. The lowest BCUT2D eigenvalue weighted by atomic mass is 9.77. The van der Waals surface area contributed by atoms with Gasteiger partial charge < -0.3 is 15.4 Å². The molecule has 0 bridgehead atoms. The van der Waals surface area contributed by atoms with E-state index < -0.39 is 0 Å². The Morgan fingerprint density at radius 3 is 2.39 bits per heavy atom. The van der Waals surface area contributed by atoms with E-state index in [1.807, 2.05) is 50.6 Å². The normalized spacial score (nSPS) is 17.2. The van der Waals surface area contributed by atoms with Gasteiger partial charge in [0.2, 0.25) is 0 Å². The number of thioether (sulfide) groups is 1. The van der Waals surface area contributed by atoms with Gasteiger partial charge in [-0.05, 0) is 36.9 Å². The monoisotopic (exact) mass is 465 g/mol. The number of anilines is 4. The largest absolute Gasteiger partial charge is 0.380 e. The molecule has 1 unspecified atom stereocenters. The van der Waals surface area contributed by atoms with Crippen molar-refractivity contribution in [2.45, 2.75) is 31.7 Å². The zero-order valence-electron chi connectivity index (χ0n) is 19.6. The summed E-state index contributed by atoms with van der Waals surface area (Å²) in [5, 5.41) is 6.51. The fourth-order valence-corrected chi connectivity index (χ4v) is 4.51. The summed E-state index contributed by atoms with van der Waals surface area (Å²) in [6, 6.07) is 10.3. The first-order valence-electron chi connectivity index (χ1n) is 11.3. The molecule has 0 saturated carbocycles. The van der Waals surface area contributed by atoms with Gasteiger partial charge in [0.25, 0.3) is 0 Å². The number of pyridine rings is 2. The number of aromatic nitrogens is 4. The fourth-order valence-electron chi connectivity index (χ4n) is 4.00. The van der Waals surface area contributed by atoms with Gasteiger partial charge in [0.05, 0.1) is 13.2 Å². The maximum absolute atomic E-state index is 5.37. The first-order valence-corrected chi connectivity index (χ1v) is 12.5. The third kappa shape index (κ3) is 5.26. The summed E-state index contributed by atoms with van der Waals surface area (Å²) in [7, 11) is 0. The zero-order chi connectivity index (χ0) is 23.3. The smallest absolute Gasteiger partial charge is 0.145 e. The molecule has 0 aliphatic carbocycles. The summed E-state index contributed by atoms with van der Waals surface area (Å²) in [4.78, 5) is 21.1. The van der Waals surface area contributed by atoms with Gasteiger partial charge in [0.1, 0.15) is 29.6 Å². The number of rotatable bonds is 7. The molecule has 0 amide bonds. The maximum atomic E-state index is 5.37. The Morgan fingerprint density at radius 2 is 1.76 bits per heavy atom. The van der Waals surface area contributed by atoms with Crippen molar-refractivity contribution < 1.29 is 4.74 Å². The number of nitrogens with one attached hydrogen (secondary N) is 2. The molecule has 2 saturated heterocycles. The Hall–Kier alpha value is -2.75. The standard InChI is InChI=1S/C22H25N7OS.C2H6/c1-15(29-10-22(11-29)12-30-13-22)16-5-6-18(24-9-16)27-19-8-20(26-14-25-19)28-21-17(31-2)4-3-7-23-21;1-2/h3-9,14-15H,10-13H2,1-2H3,(H2,23,24,25,26,27,28);1-2H3. The molecule has 9 heteroatoms. The minimum absolute atomic E-state index is 0.353. The van der Waals surface area contributed by atoms with Crippen LogP contribution in [0.2, 0.25) is 0 Å². The summed E-state index contributed by atoms with van der Waals surface area (Å²) in [5.41, 5.74) is 1.64. The summed E-state index contributed by atoms with van der Waals surface area (Å²) < 4.78 is 5.37. The Labute approximate surface area is 199 Å². The maximum Gasteiger partial charge on any atom is 0.145 e. The lowest BCUT2D eigenvalue weighted by molar-refractivity contribution is -0.197. The highest BCUT2D eigenvalue weighted by molar-refractivity contribution is 7.98. The Bertz CT molecular complexity index is 1050. The van der Waals surface area contributed by atoms with Crippen LogP contribution in [-0.4, -0.2) is 57.4 Å². The number of nitrogens with zero attached hydrogens (tertiary/aromatic N) is 5. The second-order valence-electron chi connectivity index (χ2n) is 8.14. The van der Waals surface area contributed by atoms with Gasteiger partial charge >= 0.3 is 0 Å². The van der Waals surface area contributed by atoms with Gasteiger partial charge in [-0.3, -0.25) is 4.90 Å². The molecular formula is C24H31N7OS. The van der Waals surface area contributed by atoms with Gasteiger partial charge in [0.15, 0.2) is 0 Å². The summed E-state index contributed by atoms with van der Waals surface area (Å²) in [5.74, 6) is 2.86. The molecule has 3 aromatic rings. The van der Waals surface area contributed by atoms with Gasteiger partial charge in [0, 0.05) is 47.9 Å². The Kier molecular flexibility index (Phi) is 7.42. The minimum Gasteiger partial charge on any atom is -0.380 e. The highest BCUT2D eigenvalue weighted by Gasteiger charge is 2.50. The molecule has 174 valence electrons. The van der Waals surface area contributed by atoms with E-state index in [1.54, 1.807) is 18.0 Å². The molecule has 2 N–H and O–H groups in total. The second-order valence-corrected chi connectivity index (χ2v) is 8.99. The van der Waals surface area contributed by atoms with Crippen molar-refractivity contribution in [3.63, 3.8) is 0 Å². The second kappa shape index (κ2) is 10.5. The molecule has 5 rings (SSSR count). The van der Waals surface area contributed by atoms with Crippen LogP contribution in [0.5, 0.6) is 0 Å². The molecule has 33 heavy (non-hydrogen) atoms. The summed E-state index contributed by atoms with van der Waals surface area (Å²) >= 11 is 1.63. The third-order valence-corrected chi connectivity index (χ3v) is 6.64. The van der Waals surface area contributed by atoms with Crippen LogP contribution >= 0.6 is 11.8 Å².